The third kappa shape index (κ3) is 2.09. The molecule has 3 fully saturated rings. The molecule has 0 saturated carbocycles. The highest BCUT2D eigenvalue weighted by Gasteiger charge is 2.44. The highest BCUT2D eigenvalue weighted by Crippen LogP contribution is 2.28. The fourth-order valence-electron chi connectivity index (χ4n) is 3.11. The van der Waals surface area contributed by atoms with Crippen molar-refractivity contribution in [1.82, 2.24) is 20.9 Å². The molecular weight excluding hydrogens is 218 g/mol. The molecule has 3 unspecified atom stereocenters. The van der Waals surface area contributed by atoms with Crippen molar-refractivity contribution in [1.29, 1.82) is 0 Å². The number of hydrogen-bond donors (Lipinski definition) is 4. The van der Waals surface area contributed by atoms with Crippen LogP contribution in [0.2, 0.25) is 0 Å². The molecule has 0 radical (unpaired) electrons. The molecule has 0 amide bonds. The molecule has 3 aliphatic heterocycles. The lowest BCUT2D eigenvalue weighted by atomic mass is 10.1. The molecule has 3 heterocycles. The Morgan fingerprint density at radius 3 is 2.94 bits per heavy atom. The lowest BCUT2D eigenvalue weighted by molar-refractivity contribution is -0.0705. The second-order valence-corrected chi connectivity index (χ2v) is 5.16. The summed E-state index contributed by atoms with van der Waals surface area (Å²) in [6.45, 7) is 3.82. The van der Waals surface area contributed by atoms with E-state index in [-0.39, 0.29) is 18.4 Å². The monoisotopic (exact) mass is 241 g/mol. The summed E-state index contributed by atoms with van der Waals surface area (Å²) in [5.41, 5.74) is 6.05. The first kappa shape index (κ1) is 11.8. The first-order valence-corrected chi connectivity index (χ1v) is 6.66. The summed E-state index contributed by atoms with van der Waals surface area (Å²) in [5.74, 6) is 0. The summed E-state index contributed by atoms with van der Waals surface area (Å²) in [6, 6.07) is 0.271. The van der Waals surface area contributed by atoms with Gasteiger partial charge in [0.1, 0.15) is 6.23 Å². The van der Waals surface area contributed by atoms with E-state index in [4.69, 9.17) is 10.5 Å². The molecule has 5 N–H and O–H groups in total. The van der Waals surface area contributed by atoms with E-state index < -0.39 is 0 Å². The second kappa shape index (κ2) is 4.79. The second-order valence-electron chi connectivity index (χ2n) is 5.16. The Labute approximate surface area is 102 Å². The number of nitrogens with two attached hydrogens (primary N) is 1. The van der Waals surface area contributed by atoms with Crippen molar-refractivity contribution in [3.05, 3.63) is 0 Å². The topological polar surface area (TPSA) is 74.6 Å². The minimum absolute atomic E-state index is 0.0228. The standard InChI is InChI=1S/C11H23N5O/c1-2-7-3-4-8(17-7)16-6-15-9-10(12)13-5-14-11(9)16/h7-11,13-15H,2-6,12H2,1H3/t7-,8-,9?,10?,11?/m1/s1. The van der Waals surface area contributed by atoms with Gasteiger partial charge in [-0.25, -0.2) is 4.90 Å². The van der Waals surface area contributed by atoms with Crippen LogP contribution in [0.1, 0.15) is 26.2 Å². The van der Waals surface area contributed by atoms with E-state index in [0.29, 0.717) is 12.3 Å². The van der Waals surface area contributed by atoms with Crippen molar-refractivity contribution in [2.24, 2.45) is 5.73 Å². The third-order valence-electron chi connectivity index (χ3n) is 4.15. The molecular formula is C11H23N5O. The Bertz CT molecular complexity index is 277. The van der Waals surface area contributed by atoms with Gasteiger partial charge >= 0.3 is 0 Å². The van der Waals surface area contributed by atoms with Gasteiger partial charge in [-0.05, 0) is 19.3 Å². The number of hydrogen-bond acceptors (Lipinski definition) is 6. The fourth-order valence-corrected chi connectivity index (χ4v) is 3.11. The van der Waals surface area contributed by atoms with E-state index in [1.165, 1.54) is 6.42 Å². The Morgan fingerprint density at radius 1 is 1.29 bits per heavy atom. The van der Waals surface area contributed by atoms with Crippen LogP contribution in [0, 0.1) is 0 Å². The van der Waals surface area contributed by atoms with Gasteiger partial charge in [-0.1, -0.05) is 6.92 Å². The summed E-state index contributed by atoms with van der Waals surface area (Å²) in [7, 11) is 0. The first-order chi connectivity index (χ1) is 8.29. The zero-order chi connectivity index (χ0) is 11.8. The van der Waals surface area contributed by atoms with Gasteiger partial charge in [-0.2, -0.15) is 0 Å². The van der Waals surface area contributed by atoms with Crippen molar-refractivity contribution < 1.29 is 4.74 Å². The lowest BCUT2D eigenvalue weighted by Gasteiger charge is -2.38. The van der Waals surface area contributed by atoms with Gasteiger partial charge in [0, 0.05) is 6.67 Å². The van der Waals surface area contributed by atoms with Crippen LogP contribution in [0.4, 0.5) is 0 Å². The normalized spacial score (nSPS) is 47.3. The molecule has 98 valence electrons. The fraction of sp³-hybridized carbons (Fsp3) is 1.00. The van der Waals surface area contributed by atoms with Crippen LogP contribution in [0.3, 0.4) is 0 Å². The molecule has 6 nitrogen and oxygen atoms in total. The zero-order valence-electron chi connectivity index (χ0n) is 10.4. The summed E-state index contributed by atoms with van der Waals surface area (Å²) in [6.07, 6.45) is 4.43. The third-order valence-corrected chi connectivity index (χ3v) is 4.15. The van der Waals surface area contributed by atoms with E-state index in [1.807, 2.05) is 0 Å². The van der Waals surface area contributed by atoms with Crippen LogP contribution in [0.15, 0.2) is 0 Å². The van der Waals surface area contributed by atoms with Gasteiger partial charge in [0.15, 0.2) is 0 Å². The molecule has 0 spiro atoms. The minimum Gasteiger partial charge on any atom is -0.360 e. The number of ether oxygens (including phenoxy) is 1. The first-order valence-electron chi connectivity index (χ1n) is 6.66. The van der Waals surface area contributed by atoms with Crippen LogP contribution in [-0.4, -0.2) is 48.9 Å². The Hall–Kier alpha value is -0.240. The van der Waals surface area contributed by atoms with Crippen molar-refractivity contribution in [3.8, 4) is 0 Å². The van der Waals surface area contributed by atoms with Crippen molar-refractivity contribution in [2.45, 2.75) is 56.9 Å². The van der Waals surface area contributed by atoms with Crippen LogP contribution < -0.4 is 21.7 Å². The Kier molecular flexibility index (Phi) is 3.34. The SMILES string of the molecule is CC[C@@H]1CC[C@H](N2CNC3C(N)NCNC32)O1. The Morgan fingerprint density at radius 2 is 2.18 bits per heavy atom. The maximum atomic E-state index is 6.06. The van der Waals surface area contributed by atoms with Gasteiger partial charge in [-0.15, -0.1) is 0 Å². The van der Waals surface area contributed by atoms with Gasteiger partial charge in [0.25, 0.3) is 0 Å². The summed E-state index contributed by atoms with van der Waals surface area (Å²) >= 11 is 0. The lowest BCUT2D eigenvalue weighted by Crippen LogP contribution is -2.68. The summed E-state index contributed by atoms with van der Waals surface area (Å²) < 4.78 is 6.06. The van der Waals surface area contributed by atoms with Crippen molar-refractivity contribution in [3.63, 3.8) is 0 Å². The molecule has 0 aromatic carbocycles. The summed E-state index contributed by atoms with van der Waals surface area (Å²) in [4.78, 5) is 2.38. The van der Waals surface area contributed by atoms with E-state index >= 15 is 0 Å². The van der Waals surface area contributed by atoms with Crippen molar-refractivity contribution >= 4 is 0 Å². The average molecular weight is 241 g/mol. The molecule has 3 aliphatic rings. The van der Waals surface area contributed by atoms with Crippen LogP contribution in [-0.2, 0) is 4.74 Å². The maximum Gasteiger partial charge on any atom is 0.113 e. The van der Waals surface area contributed by atoms with Gasteiger partial charge in [-0.3, -0.25) is 16.0 Å². The van der Waals surface area contributed by atoms with Gasteiger partial charge in [0.2, 0.25) is 0 Å². The predicted molar refractivity (Wildman–Crippen MR) is 64.7 cm³/mol. The number of nitrogens with one attached hydrogen (secondary N) is 3. The van der Waals surface area contributed by atoms with Crippen LogP contribution >= 0.6 is 0 Å². The van der Waals surface area contributed by atoms with E-state index in [0.717, 1.165) is 26.2 Å². The highest BCUT2D eigenvalue weighted by atomic mass is 16.5. The maximum absolute atomic E-state index is 6.06. The molecule has 6 heteroatoms. The van der Waals surface area contributed by atoms with Crippen LogP contribution in [0.5, 0.6) is 0 Å². The summed E-state index contributed by atoms with van der Waals surface area (Å²) in [5, 5.41) is 10.1. The smallest absolute Gasteiger partial charge is 0.113 e. The minimum atomic E-state index is 0.0228. The van der Waals surface area contributed by atoms with Gasteiger partial charge < -0.3 is 10.5 Å². The van der Waals surface area contributed by atoms with Crippen molar-refractivity contribution in [2.75, 3.05) is 13.3 Å². The van der Waals surface area contributed by atoms with E-state index in [9.17, 15) is 0 Å². The molecule has 5 atom stereocenters. The molecule has 0 aliphatic carbocycles. The molecule has 0 bridgehead atoms. The number of fused-ring (bicyclic) bond motifs is 1. The van der Waals surface area contributed by atoms with Gasteiger partial charge in [0.05, 0.1) is 31.1 Å². The molecule has 3 saturated heterocycles. The number of nitrogens with zero attached hydrogens (tertiary/aromatic N) is 1. The largest absolute Gasteiger partial charge is 0.360 e. The van der Waals surface area contributed by atoms with E-state index in [1.54, 1.807) is 0 Å². The van der Waals surface area contributed by atoms with Crippen LogP contribution in [0.25, 0.3) is 0 Å². The quantitative estimate of drug-likeness (QED) is 0.491. The highest BCUT2D eigenvalue weighted by molar-refractivity contribution is 4.98. The molecule has 0 aromatic heterocycles. The molecule has 3 rings (SSSR count). The Balaban J connectivity index is 1.65. The van der Waals surface area contributed by atoms with E-state index in [2.05, 4.69) is 27.8 Å². The molecule has 17 heavy (non-hydrogen) atoms. The molecule has 0 aromatic rings. The number of rotatable bonds is 2. The average Bonchev–Trinajstić information content (AvgIpc) is 2.94. The predicted octanol–water partition coefficient (Wildman–Crippen LogP) is -1.11. The zero-order valence-corrected chi connectivity index (χ0v) is 10.4.